The molecule has 0 heteroatoms. The summed E-state index contributed by atoms with van der Waals surface area (Å²) in [5.74, 6) is 1.38. The third-order valence-electron chi connectivity index (χ3n) is 5.81. The predicted octanol–water partition coefficient (Wildman–Crippen LogP) is 8.52. The summed E-state index contributed by atoms with van der Waals surface area (Å²) < 4.78 is 0. The Bertz CT molecular complexity index is 509. The van der Waals surface area contributed by atoms with Crippen LogP contribution in [-0.2, 0) is 0 Å². The van der Waals surface area contributed by atoms with Gasteiger partial charge >= 0.3 is 0 Å². The first-order valence-electron chi connectivity index (χ1n) is 11.0. The summed E-state index contributed by atoms with van der Waals surface area (Å²) in [7, 11) is 0. The monoisotopic (exact) mass is 340 g/mol. The molecule has 0 N–H and O–H groups in total. The average molecular weight is 341 g/mol. The lowest BCUT2D eigenvalue weighted by Crippen LogP contribution is -2.07. The highest BCUT2D eigenvalue weighted by molar-refractivity contribution is 5.66. The van der Waals surface area contributed by atoms with E-state index in [0.717, 1.165) is 0 Å². The van der Waals surface area contributed by atoms with E-state index in [1.54, 1.807) is 11.1 Å². The van der Waals surface area contributed by atoms with Crippen LogP contribution < -0.4 is 0 Å². The van der Waals surface area contributed by atoms with Gasteiger partial charge in [-0.05, 0) is 29.9 Å². The molecule has 1 aliphatic rings. The first-order chi connectivity index (χ1) is 12.2. The molecule has 0 bridgehead atoms. The van der Waals surface area contributed by atoms with Gasteiger partial charge in [-0.25, -0.2) is 0 Å². The fourth-order valence-corrected chi connectivity index (χ4v) is 4.42. The van der Waals surface area contributed by atoms with Gasteiger partial charge in [0.1, 0.15) is 0 Å². The van der Waals surface area contributed by atoms with Crippen LogP contribution >= 0.6 is 0 Å². The van der Waals surface area contributed by atoms with Crippen LogP contribution in [0.5, 0.6) is 0 Å². The van der Waals surface area contributed by atoms with Gasteiger partial charge in [-0.3, -0.25) is 0 Å². The second-order valence-corrected chi connectivity index (χ2v) is 8.36. The lowest BCUT2D eigenvalue weighted by molar-refractivity contribution is 0.526. The molecule has 0 amide bonds. The molecule has 1 unspecified atom stereocenters. The maximum atomic E-state index is 2.48. The summed E-state index contributed by atoms with van der Waals surface area (Å²) in [6.07, 6.45) is 19.5. The van der Waals surface area contributed by atoms with E-state index >= 15 is 0 Å². The molecular weight excluding hydrogens is 300 g/mol. The third-order valence-corrected chi connectivity index (χ3v) is 5.81. The summed E-state index contributed by atoms with van der Waals surface area (Å²) in [5, 5.41) is 0. The van der Waals surface area contributed by atoms with Crippen LogP contribution in [0.2, 0.25) is 0 Å². The van der Waals surface area contributed by atoms with Crippen LogP contribution in [0.25, 0.3) is 6.08 Å². The molecule has 0 heterocycles. The molecule has 0 saturated heterocycles. The van der Waals surface area contributed by atoms with Crippen molar-refractivity contribution in [3.05, 3.63) is 41.0 Å². The van der Waals surface area contributed by atoms with Crippen molar-refractivity contribution in [3.63, 3.8) is 0 Å². The zero-order valence-electron chi connectivity index (χ0n) is 17.0. The molecule has 0 radical (unpaired) electrons. The maximum absolute atomic E-state index is 2.48. The largest absolute Gasteiger partial charge is 0.0654 e. The molecule has 0 aliphatic heterocycles. The molecule has 0 spiro atoms. The zero-order chi connectivity index (χ0) is 17.9. The molecule has 1 aromatic carbocycles. The van der Waals surface area contributed by atoms with Crippen LogP contribution in [0.3, 0.4) is 0 Å². The van der Waals surface area contributed by atoms with E-state index in [4.69, 9.17) is 0 Å². The highest BCUT2D eigenvalue weighted by atomic mass is 14.3. The molecular formula is C25H40. The van der Waals surface area contributed by atoms with Gasteiger partial charge in [-0.2, -0.15) is 0 Å². The van der Waals surface area contributed by atoms with E-state index in [0.29, 0.717) is 11.8 Å². The molecule has 1 aliphatic carbocycles. The summed E-state index contributed by atoms with van der Waals surface area (Å²) in [6, 6.07) is 9.01. The summed E-state index contributed by atoms with van der Waals surface area (Å²) in [4.78, 5) is 0. The Morgan fingerprint density at radius 2 is 1.32 bits per heavy atom. The smallest absolute Gasteiger partial charge is 0.00804 e. The number of benzene rings is 1. The summed E-state index contributed by atoms with van der Waals surface area (Å²) in [5.41, 5.74) is 4.72. The van der Waals surface area contributed by atoms with E-state index in [1.807, 2.05) is 0 Å². The van der Waals surface area contributed by atoms with Crippen molar-refractivity contribution in [2.75, 3.05) is 0 Å². The van der Waals surface area contributed by atoms with Gasteiger partial charge in [-0.15, -0.1) is 0 Å². The zero-order valence-corrected chi connectivity index (χ0v) is 17.0. The van der Waals surface area contributed by atoms with Crippen LogP contribution in [0.1, 0.15) is 115 Å². The Morgan fingerprint density at radius 3 is 1.92 bits per heavy atom. The van der Waals surface area contributed by atoms with Crippen LogP contribution in [0.4, 0.5) is 0 Å². The second kappa shape index (κ2) is 11.6. The molecule has 2 rings (SSSR count). The number of allylic oxidation sites excluding steroid dienone is 1. The number of hydrogen-bond acceptors (Lipinski definition) is 0. The Morgan fingerprint density at radius 1 is 0.760 bits per heavy atom. The number of hydrogen-bond donors (Lipinski definition) is 0. The van der Waals surface area contributed by atoms with Crippen LogP contribution in [0.15, 0.2) is 29.8 Å². The first-order valence-corrected chi connectivity index (χ1v) is 11.0. The minimum absolute atomic E-state index is 0.666. The second-order valence-electron chi connectivity index (χ2n) is 8.36. The minimum atomic E-state index is 0.666. The number of rotatable bonds is 13. The van der Waals surface area contributed by atoms with Crippen LogP contribution in [-0.4, -0.2) is 0 Å². The highest BCUT2D eigenvalue weighted by Gasteiger charge is 2.26. The topological polar surface area (TPSA) is 0 Å². The van der Waals surface area contributed by atoms with Crippen molar-refractivity contribution in [3.8, 4) is 0 Å². The maximum Gasteiger partial charge on any atom is 0.00804 e. The fourth-order valence-electron chi connectivity index (χ4n) is 4.42. The Hall–Kier alpha value is -1.04. The first kappa shape index (κ1) is 20.3. The SMILES string of the molecule is CCCCCCCCCCCCCC1=Cc2ccccc2C1C(C)C. The molecule has 140 valence electrons. The van der Waals surface area contributed by atoms with Crippen molar-refractivity contribution in [1.82, 2.24) is 0 Å². The van der Waals surface area contributed by atoms with Crippen molar-refractivity contribution >= 4 is 6.08 Å². The molecule has 0 nitrogen and oxygen atoms in total. The van der Waals surface area contributed by atoms with Gasteiger partial charge < -0.3 is 0 Å². The summed E-state index contributed by atoms with van der Waals surface area (Å²) >= 11 is 0. The average Bonchev–Trinajstić information content (AvgIpc) is 2.98. The van der Waals surface area contributed by atoms with Gasteiger partial charge in [-0.1, -0.05) is 121 Å². The lowest BCUT2D eigenvalue weighted by atomic mass is 9.84. The lowest BCUT2D eigenvalue weighted by Gasteiger charge is -2.21. The third kappa shape index (κ3) is 6.65. The van der Waals surface area contributed by atoms with E-state index in [1.165, 1.54) is 82.6 Å². The van der Waals surface area contributed by atoms with Crippen molar-refractivity contribution < 1.29 is 0 Å². The Balaban J connectivity index is 1.58. The van der Waals surface area contributed by atoms with Gasteiger partial charge in [0.2, 0.25) is 0 Å². The summed E-state index contributed by atoms with van der Waals surface area (Å²) in [6.45, 7) is 7.05. The van der Waals surface area contributed by atoms with E-state index in [9.17, 15) is 0 Å². The number of fused-ring (bicyclic) bond motifs is 1. The van der Waals surface area contributed by atoms with Gasteiger partial charge in [0.25, 0.3) is 0 Å². The molecule has 1 aromatic rings. The molecule has 0 fully saturated rings. The van der Waals surface area contributed by atoms with Gasteiger partial charge in [0.05, 0.1) is 0 Å². The van der Waals surface area contributed by atoms with E-state index in [2.05, 4.69) is 51.1 Å². The van der Waals surface area contributed by atoms with Gasteiger partial charge in [0.15, 0.2) is 0 Å². The van der Waals surface area contributed by atoms with E-state index in [-0.39, 0.29) is 0 Å². The molecule has 0 saturated carbocycles. The minimum Gasteiger partial charge on any atom is -0.0654 e. The molecule has 1 atom stereocenters. The standard InChI is InChI=1S/C25H40/c1-4-5-6-7-8-9-10-11-12-13-14-18-23-20-22-17-15-16-19-24(22)25(23)21(2)3/h15-17,19-21,25H,4-14,18H2,1-3H3. The van der Waals surface area contributed by atoms with E-state index < -0.39 is 0 Å². The number of unbranched alkanes of at least 4 members (excludes halogenated alkanes) is 10. The van der Waals surface area contributed by atoms with Crippen molar-refractivity contribution in [1.29, 1.82) is 0 Å². The van der Waals surface area contributed by atoms with Crippen molar-refractivity contribution in [2.24, 2.45) is 5.92 Å². The van der Waals surface area contributed by atoms with Crippen molar-refractivity contribution in [2.45, 2.75) is 104 Å². The highest BCUT2D eigenvalue weighted by Crippen LogP contribution is 2.43. The normalized spacial score (nSPS) is 16.3. The van der Waals surface area contributed by atoms with Gasteiger partial charge in [0, 0.05) is 5.92 Å². The Kier molecular flexibility index (Phi) is 9.37. The fraction of sp³-hybridized carbons (Fsp3) is 0.680. The predicted molar refractivity (Wildman–Crippen MR) is 113 cm³/mol. The van der Waals surface area contributed by atoms with Crippen LogP contribution in [0, 0.1) is 5.92 Å². The quantitative estimate of drug-likeness (QED) is 0.316. The Labute approximate surface area is 157 Å². The molecule has 0 aromatic heterocycles. The molecule has 25 heavy (non-hydrogen) atoms.